The largest absolute Gasteiger partial charge is 0.368 e. The van der Waals surface area contributed by atoms with Gasteiger partial charge < -0.3 is 10.5 Å². The number of aldehydes is 1. The highest BCUT2D eigenvalue weighted by atomic mass is 16.1. The van der Waals surface area contributed by atoms with E-state index in [-0.39, 0.29) is 18.0 Å². The Hall–Kier alpha value is -0.980. The fourth-order valence-electron chi connectivity index (χ4n) is 2.81. The van der Waals surface area contributed by atoms with E-state index in [0.717, 1.165) is 51.6 Å². The van der Waals surface area contributed by atoms with Gasteiger partial charge >= 0.3 is 0 Å². The molecular formula is C12H21N4O2. The van der Waals surface area contributed by atoms with Crippen LogP contribution in [0.15, 0.2) is 0 Å². The molecule has 2 aliphatic heterocycles. The van der Waals surface area contributed by atoms with Gasteiger partial charge in [0.2, 0.25) is 5.91 Å². The van der Waals surface area contributed by atoms with Crippen molar-refractivity contribution in [2.45, 2.75) is 43.9 Å². The normalized spacial score (nSPS) is 31.1. The maximum absolute atomic E-state index is 11.3. The minimum Gasteiger partial charge on any atom is -0.368 e. The minimum absolute atomic E-state index is 0.239. The molecular weight excluding hydrogens is 232 g/mol. The van der Waals surface area contributed by atoms with Crippen LogP contribution < -0.4 is 16.4 Å². The van der Waals surface area contributed by atoms with Crippen LogP contribution in [-0.2, 0) is 9.59 Å². The summed E-state index contributed by atoms with van der Waals surface area (Å²) in [4.78, 5) is 24.5. The molecule has 3 atom stereocenters. The summed E-state index contributed by atoms with van der Waals surface area (Å²) in [5.41, 5.74) is 5.37. The number of piperidine rings is 1. The molecule has 0 aliphatic carbocycles. The first-order chi connectivity index (χ1) is 8.72. The van der Waals surface area contributed by atoms with Crippen molar-refractivity contribution in [3.05, 3.63) is 0 Å². The molecule has 2 fully saturated rings. The summed E-state index contributed by atoms with van der Waals surface area (Å²) in [5, 5.41) is 7.63. The number of nitrogens with two attached hydrogens (primary N) is 1. The number of carbonyl (C=O) groups excluding carboxylic acids is 2. The highest BCUT2D eigenvalue weighted by Crippen LogP contribution is 2.19. The lowest BCUT2D eigenvalue weighted by atomic mass is 10.1. The topological polar surface area (TPSA) is 89.5 Å². The molecule has 2 rings (SSSR count). The minimum atomic E-state index is -0.414. The number of nitrogens with zero attached hydrogens (tertiary/aromatic N) is 2. The van der Waals surface area contributed by atoms with Crippen molar-refractivity contribution in [3.8, 4) is 0 Å². The fraction of sp³-hybridized carbons (Fsp3) is 0.833. The SMILES string of the molecule is NC(=O)C1CCCN1C(C=O)NC1CCC[N]C1. The molecule has 2 aliphatic rings. The van der Waals surface area contributed by atoms with Gasteiger partial charge in [-0.3, -0.25) is 15.0 Å². The van der Waals surface area contributed by atoms with Crippen LogP contribution >= 0.6 is 0 Å². The van der Waals surface area contributed by atoms with Crippen molar-refractivity contribution in [3.63, 3.8) is 0 Å². The van der Waals surface area contributed by atoms with Gasteiger partial charge in [0, 0.05) is 25.7 Å². The number of hydrogen-bond donors (Lipinski definition) is 2. The van der Waals surface area contributed by atoms with Gasteiger partial charge in [-0.1, -0.05) is 0 Å². The molecule has 6 heteroatoms. The molecule has 2 saturated heterocycles. The average Bonchev–Trinajstić information content (AvgIpc) is 2.86. The first-order valence-corrected chi connectivity index (χ1v) is 6.62. The number of carbonyl (C=O) groups is 2. The zero-order valence-electron chi connectivity index (χ0n) is 10.5. The van der Waals surface area contributed by atoms with Crippen LogP contribution in [0.4, 0.5) is 0 Å². The standard InChI is InChI=1S/C12H21N4O2/c13-12(18)10-4-2-6-16(10)11(8-17)15-9-3-1-5-14-7-9/h8-11,15H,1-7H2,(H2,13,18). The third kappa shape index (κ3) is 3.07. The molecule has 0 bridgehead atoms. The van der Waals surface area contributed by atoms with Crippen molar-refractivity contribution >= 4 is 12.2 Å². The lowest BCUT2D eigenvalue weighted by Gasteiger charge is -2.33. The molecule has 0 spiro atoms. The van der Waals surface area contributed by atoms with Crippen LogP contribution in [0.25, 0.3) is 0 Å². The lowest BCUT2D eigenvalue weighted by Crippen LogP contribution is -2.57. The van der Waals surface area contributed by atoms with Gasteiger partial charge in [-0.15, -0.1) is 0 Å². The zero-order chi connectivity index (χ0) is 13.0. The van der Waals surface area contributed by atoms with E-state index in [1.54, 1.807) is 0 Å². The predicted molar refractivity (Wildman–Crippen MR) is 66.8 cm³/mol. The van der Waals surface area contributed by atoms with Crippen LogP contribution in [0.3, 0.4) is 0 Å². The number of nitrogens with one attached hydrogen (secondary N) is 1. The number of likely N-dealkylation sites (tertiary alicyclic amines) is 1. The Morgan fingerprint density at radius 1 is 1.44 bits per heavy atom. The van der Waals surface area contributed by atoms with Crippen LogP contribution in [0.2, 0.25) is 0 Å². The molecule has 3 N–H and O–H groups in total. The fourth-order valence-corrected chi connectivity index (χ4v) is 2.81. The average molecular weight is 253 g/mol. The summed E-state index contributed by atoms with van der Waals surface area (Å²) in [6.07, 6.45) is 4.20. The Morgan fingerprint density at radius 2 is 2.28 bits per heavy atom. The van der Waals surface area contributed by atoms with Gasteiger partial charge in [0.1, 0.15) is 6.17 Å². The van der Waals surface area contributed by atoms with E-state index in [2.05, 4.69) is 10.6 Å². The van der Waals surface area contributed by atoms with Crippen LogP contribution in [0.5, 0.6) is 0 Å². The molecule has 101 valence electrons. The van der Waals surface area contributed by atoms with E-state index in [1.165, 1.54) is 0 Å². The summed E-state index contributed by atoms with van der Waals surface area (Å²) in [5.74, 6) is -0.338. The van der Waals surface area contributed by atoms with Gasteiger partial charge in [0.25, 0.3) is 0 Å². The third-order valence-corrected chi connectivity index (χ3v) is 3.73. The van der Waals surface area contributed by atoms with Crippen LogP contribution in [-0.4, -0.2) is 55.0 Å². The monoisotopic (exact) mass is 253 g/mol. The number of primary amides is 1. The second kappa shape index (κ2) is 6.26. The number of hydrogen-bond acceptors (Lipinski definition) is 4. The van der Waals surface area contributed by atoms with Crippen molar-refractivity contribution in [1.29, 1.82) is 0 Å². The molecule has 18 heavy (non-hydrogen) atoms. The van der Waals surface area contributed by atoms with Crippen molar-refractivity contribution < 1.29 is 9.59 Å². The van der Waals surface area contributed by atoms with E-state index >= 15 is 0 Å². The third-order valence-electron chi connectivity index (χ3n) is 3.73. The molecule has 3 unspecified atom stereocenters. The Bertz CT molecular complexity index is 304. The molecule has 0 aromatic rings. The number of amides is 1. The van der Waals surface area contributed by atoms with Gasteiger partial charge in [-0.25, -0.2) is 5.32 Å². The summed E-state index contributed by atoms with van der Waals surface area (Å²) in [6.45, 7) is 2.41. The Kier molecular flexibility index (Phi) is 4.68. The van der Waals surface area contributed by atoms with Gasteiger partial charge in [-0.05, 0) is 25.7 Å². The predicted octanol–water partition coefficient (Wildman–Crippen LogP) is -1.18. The Labute approximate surface area is 107 Å². The molecule has 6 nitrogen and oxygen atoms in total. The number of rotatable bonds is 5. The van der Waals surface area contributed by atoms with Crippen LogP contribution in [0.1, 0.15) is 25.7 Å². The lowest BCUT2D eigenvalue weighted by molar-refractivity contribution is -0.125. The first-order valence-electron chi connectivity index (χ1n) is 6.62. The maximum atomic E-state index is 11.3. The van der Waals surface area contributed by atoms with E-state index in [0.29, 0.717) is 0 Å². The molecule has 2 heterocycles. The second-order valence-corrected chi connectivity index (χ2v) is 5.01. The first kappa shape index (κ1) is 13.5. The second-order valence-electron chi connectivity index (χ2n) is 5.01. The van der Waals surface area contributed by atoms with Crippen molar-refractivity contribution in [2.24, 2.45) is 5.73 Å². The summed E-state index contributed by atoms with van der Waals surface area (Å²) in [6, 6.07) is -0.0729. The van der Waals surface area contributed by atoms with E-state index in [1.807, 2.05) is 4.90 Å². The van der Waals surface area contributed by atoms with Crippen LogP contribution in [0, 0.1) is 0 Å². The molecule has 0 aromatic carbocycles. The summed E-state index contributed by atoms with van der Waals surface area (Å²) < 4.78 is 0. The maximum Gasteiger partial charge on any atom is 0.234 e. The zero-order valence-corrected chi connectivity index (χ0v) is 10.5. The molecule has 0 aromatic heterocycles. The molecule has 0 saturated carbocycles. The van der Waals surface area contributed by atoms with Gasteiger partial charge in [-0.2, -0.15) is 0 Å². The quantitative estimate of drug-likeness (QED) is 0.603. The van der Waals surface area contributed by atoms with E-state index in [4.69, 9.17) is 5.73 Å². The van der Waals surface area contributed by atoms with E-state index < -0.39 is 6.17 Å². The van der Waals surface area contributed by atoms with Gasteiger partial charge in [0.15, 0.2) is 6.29 Å². The smallest absolute Gasteiger partial charge is 0.234 e. The molecule has 1 radical (unpaired) electrons. The Balaban J connectivity index is 1.94. The Morgan fingerprint density at radius 3 is 2.89 bits per heavy atom. The summed E-state index contributed by atoms with van der Waals surface area (Å²) >= 11 is 0. The highest BCUT2D eigenvalue weighted by Gasteiger charge is 2.35. The van der Waals surface area contributed by atoms with Crippen molar-refractivity contribution in [1.82, 2.24) is 15.5 Å². The highest BCUT2D eigenvalue weighted by molar-refractivity contribution is 5.80. The molecule has 1 amide bonds. The van der Waals surface area contributed by atoms with Crippen molar-refractivity contribution in [2.75, 3.05) is 19.6 Å². The van der Waals surface area contributed by atoms with Gasteiger partial charge in [0.05, 0.1) is 6.04 Å². The van der Waals surface area contributed by atoms with E-state index in [9.17, 15) is 9.59 Å². The summed E-state index contributed by atoms with van der Waals surface area (Å²) in [7, 11) is 0.